The number of carbonyl (C=O) groups excluding carboxylic acids is 2. The van der Waals surface area contributed by atoms with Gasteiger partial charge in [-0.05, 0) is 38.0 Å². The second kappa shape index (κ2) is 5.72. The second-order valence-corrected chi connectivity index (χ2v) is 5.25. The highest BCUT2D eigenvalue weighted by molar-refractivity contribution is 6.04. The van der Waals surface area contributed by atoms with Crippen LogP contribution in [0.3, 0.4) is 0 Å². The van der Waals surface area contributed by atoms with Gasteiger partial charge in [-0.15, -0.1) is 6.58 Å². The molecular weight excluding hydrogens is 266 g/mol. The molecule has 4 nitrogen and oxygen atoms in total. The molecule has 0 fully saturated rings. The summed E-state index contributed by atoms with van der Waals surface area (Å²) in [6.45, 7) is 9.52. The Balaban J connectivity index is 2.58. The number of ketones is 1. The monoisotopic (exact) mass is 287 g/mol. The molecule has 1 aliphatic heterocycles. The molecule has 0 saturated carbocycles. The molecule has 0 unspecified atom stereocenters. The highest BCUT2D eigenvalue weighted by Gasteiger charge is 2.45. The highest BCUT2D eigenvalue weighted by Crippen LogP contribution is 2.41. The van der Waals surface area contributed by atoms with Gasteiger partial charge in [-0.1, -0.05) is 19.9 Å². The number of benzene rings is 1. The van der Waals surface area contributed by atoms with Crippen molar-refractivity contribution >= 4 is 17.4 Å². The van der Waals surface area contributed by atoms with Gasteiger partial charge in [0.15, 0.2) is 11.4 Å². The number of ether oxygens (including phenoxy) is 1. The molecule has 0 saturated heterocycles. The average Bonchev–Trinajstić information content (AvgIpc) is 2.49. The molecule has 0 aliphatic carbocycles. The molecule has 112 valence electrons. The molecule has 0 aromatic heterocycles. The SMILES string of the molecule is C=CCN1C(=O)C(CC)(CC)Oc2ccc(C(C)=O)cc21. The lowest BCUT2D eigenvalue weighted by Crippen LogP contribution is -2.55. The standard InChI is InChI=1S/C17H21NO3/c1-5-10-18-14-11-13(12(4)19)8-9-15(14)21-17(6-2,7-3)16(18)20/h5,8-9,11H,1,6-7,10H2,2-4H3. The van der Waals surface area contributed by atoms with Gasteiger partial charge in [0.25, 0.3) is 5.91 Å². The fourth-order valence-electron chi connectivity index (χ4n) is 2.65. The summed E-state index contributed by atoms with van der Waals surface area (Å²) in [5.74, 6) is 0.539. The van der Waals surface area contributed by atoms with E-state index in [0.29, 0.717) is 36.4 Å². The number of hydrogen-bond acceptors (Lipinski definition) is 3. The van der Waals surface area contributed by atoms with Crippen molar-refractivity contribution in [1.29, 1.82) is 0 Å². The third-order valence-corrected chi connectivity index (χ3v) is 4.05. The van der Waals surface area contributed by atoms with Gasteiger partial charge in [-0.25, -0.2) is 0 Å². The number of rotatable bonds is 5. The summed E-state index contributed by atoms with van der Waals surface area (Å²) >= 11 is 0. The Bertz CT molecular complexity index is 588. The lowest BCUT2D eigenvalue weighted by Gasteiger charge is -2.41. The van der Waals surface area contributed by atoms with Crippen LogP contribution in [0, 0.1) is 0 Å². The van der Waals surface area contributed by atoms with Crippen LogP contribution < -0.4 is 9.64 Å². The number of Topliss-reactive ketones (excluding diaryl/α,β-unsaturated/α-hetero) is 1. The van der Waals surface area contributed by atoms with E-state index in [9.17, 15) is 9.59 Å². The number of nitrogens with zero attached hydrogens (tertiary/aromatic N) is 1. The van der Waals surface area contributed by atoms with Crippen molar-refractivity contribution in [2.45, 2.75) is 39.2 Å². The van der Waals surface area contributed by atoms with Crippen LogP contribution in [0.25, 0.3) is 0 Å². The maximum atomic E-state index is 12.8. The topological polar surface area (TPSA) is 46.6 Å². The fraction of sp³-hybridized carbons (Fsp3) is 0.412. The number of fused-ring (bicyclic) bond motifs is 1. The number of hydrogen-bond donors (Lipinski definition) is 0. The molecule has 1 amide bonds. The Morgan fingerprint density at radius 2 is 2.05 bits per heavy atom. The summed E-state index contributed by atoms with van der Waals surface area (Å²) in [4.78, 5) is 26.0. The van der Waals surface area contributed by atoms with Crippen LogP contribution in [0.2, 0.25) is 0 Å². The first-order valence-corrected chi connectivity index (χ1v) is 7.26. The van der Waals surface area contributed by atoms with Crippen LogP contribution in [0.4, 0.5) is 5.69 Å². The zero-order valence-electron chi connectivity index (χ0n) is 12.8. The number of amides is 1. The molecule has 0 spiro atoms. The van der Waals surface area contributed by atoms with E-state index in [0.717, 1.165) is 0 Å². The van der Waals surface area contributed by atoms with Crippen LogP contribution in [-0.4, -0.2) is 23.8 Å². The molecular formula is C17H21NO3. The first-order chi connectivity index (χ1) is 9.99. The minimum Gasteiger partial charge on any atom is -0.475 e. The molecule has 1 heterocycles. The van der Waals surface area contributed by atoms with Crippen LogP contribution >= 0.6 is 0 Å². The van der Waals surface area contributed by atoms with E-state index in [-0.39, 0.29) is 11.7 Å². The van der Waals surface area contributed by atoms with E-state index in [1.165, 1.54) is 6.92 Å². The normalized spacial score (nSPS) is 16.1. The molecule has 1 aromatic carbocycles. The summed E-state index contributed by atoms with van der Waals surface area (Å²) in [7, 11) is 0. The molecule has 1 aromatic rings. The van der Waals surface area contributed by atoms with Gasteiger partial charge in [0, 0.05) is 12.1 Å². The Kier molecular flexibility index (Phi) is 4.16. The Morgan fingerprint density at radius 3 is 2.57 bits per heavy atom. The number of carbonyl (C=O) groups is 2. The minimum atomic E-state index is -0.826. The van der Waals surface area contributed by atoms with E-state index in [2.05, 4.69) is 6.58 Å². The minimum absolute atomic E-state index is 0.0355. The van der Waals surface area contributed by atoms with Gasteiger partial charge in [0.05, 0.1) is 5.69 Å². The zero-order chi connectivity index (χ0) is 15.6. The van der Waals surface area contributed by atoms with E-state index in [1.807, 2.05) is 13.8 Å². The van der Waals surface area contributed by atoms with E-state index >= 15 is 0 Å². The maximum Gasteiger partial charge on any atom is 0.271 e. The fourth-order valence-corrected chi connectivity index (χ4v) is 2.65. The molecule has 1 aliphatic rings. The highest BCUT2D eigenvalue weighted by atomic mass is 16.5. The van der Waals surface area contributed by atoms with Crippen LogP contribution in [-0.2, 0) is 4.79 Å². The predicted octanol–water partition coefficient (Wildman–Crippen LogP) is 3.36. The average molecular weight is 287 g/mol. The predicted molar refractivity (Wildman–Crippen MR) is 82.9 cm³/mol. The van der Waals surface area contributed by atoms with Crippen LogP contribution in [0.1, 0.15) is 44.0 Å². The largest absolute Gasteiger partial charge is 0.475 e. The maximum absolute atomic E-state index is 12.8. The van der Waals surface area contributed by atoms with Crippen molar-refractivity contribution in [3.63, 3.8) is 0 Å². The molecule has 4 heteroatoms. The Labute approximate surface area is 125 Å². The third kappa shape index (κ3) is 2.46. The van der Waals surface area contributed by atoms with Gasteiger partial charge in [0.1, 0.15) is 5.75 Å². The van der Waals surface area contributed by atoms with Crippen molar-refractivity contribution in [3.05, 3.63) is 36.4 Å². The Hall–Kier alpha value is -2.10. The van der Waals surface area contributed by atoms with E-state index in [1.54, 1.807) is 29.2 Å². The Morgan fingerprint density at radius 1 is 1.38 bits per heavy atom. The molecule has 21 heavy (non-hydrogen) atoms. The van der Waals surface area contributed by atoms with Crippen molar-refractivity contribution in [2.75, 3.05) is 11.4 Å². The quantitative estimate of drug-likeness (QED) is 0.616. The lowest BCUT2D eigenvalue weighted by atomic mass is 9.92. The molecule has 2 rings (SSSR count). The van der Waals surface area contributed by atoms with E-state index < -0.39 is 5.60 Å². The van der Waals surface area contributed by atoms with Crippen molar-refractivity contribution in [1.82, 2.24) is 0 Å². The van der Waals surface area contributed by atoms with Crippen molar-refractivity contribution < 1.29 is 14.3 Å². The third-order valence-electron chi connectivity index (χ3n) is 4.05. The number of anilines is 1. The summed E-state index contributed by atoms with van der Waals surface area (Å²) in [5, 5.41) is 0. The van der Waals surface area contributed by atoms with Gasteiger partial charge >= 0.3 is 0 Å². The van der Waals surface area contributed by atoms with E-state index in [4.69, 9.17) is 4.74 Å². The van der Waals surface area contributed by atoms with Gasteiger partial charge in [-0.2, -0.15) is 0 Å². The van der Waals surface area contributed by atoms with Gasteiger partial charge < -0.3 is 9.64 Å². The molecule has 0 bridgehead atoms. The van der Waals surface area contributed by atoms with Crippen molar-refractivity contribution in [2.24, 2.45) is 0 Å². The second-order valence-electron chi connectivity index (χ2n) is 5.25. The molecule has 0 radical (unpaired) electrons. The summed E-state index contributed by atoms with van der Waals surface area (Å²) < 4.78 is 6.00. The first kappa shape index (κ1) is 15.3. The van der Waals surface area contributed by atoms with Crippen molar-refractivity contribution in [3.8, 4) is 5.75 Å². The first-order valence-electron chi connectivity index (χ1n) is 7.26. The van der Waals surface area contributed by atoms with Crippen LogP contribution in [0.5, 0.6) is 5.75 Å². The van der Waals surface area contributed by atoms with Gasteiger partial charge in [0.2, 0.25) is 0 Å². The zero-order valence-corrected chi connectivity index (χ0v) is 12.8. The smallest absolute Gasteiger partial charge is 0.271 e. The summed E-state index contributed by atoms with van der Waals surface area (Å²) in [6, 6.07) is 5.22. The summed E-state index contributed by atoms with van der Waals surface area (Å²) in [5.41, 5.74) is 0.387. The lowest BCUT2D eigenvalue weighted by molar-refractivity contribution is -0.136. The molecule has 0 atom stereocenters. The summed E-state index contributed by atoms with van der Waals surface area (Å²) in [6.07, 6.45) is 2.89. The molecule has 0 N–H and O–H groups in total. The van der Waals surface area contributed by atoms with Gasteiger partial charge in [-0.3, -0.25) is 9.59 Å². The van der Waals surface area contributed by atoms with Crippen LogP contribution in [0.15, 0.2) is 30.9 Å².